The quantitative estimate of drug-likeness (QED) is 0.492. The van der Waals surface area contributed by atoms with Crippen molar-refractivity contribution < 1.29 is 8.63 Å². The van der Waals surface area contributed by atoms with Gasteiger partial charge in [-0.2, -0.15) is 0 Å². The van der Waals surface area contributed by atoms with Crippen LogP contribution in [0, 0.1) is 12.3 Å². The van der Waals surface area contributed by atoms with Crippen LogP contribution in [0.1, 0.15) is 10.4 Å². The molecule has 0 saturated carbocycles. The fourth-order valence-electron chi connectivity index (χ4n) is 1.68. The Bertz CT molecular complexity index is 575. The van der Waals surface area contributed by atoms with Crippen molar-refractivity contribution in [2.24, 2.45) is 0 Å². The van der Waals surface area contributed by atoms with Crippen LogP contribution in [0.3, 0.4) is 0 Å². The van der Waals surface area contributed by atoms with Crippen LogP contribution in [0.25, 0.3) is 0 Å². The van der Waals surface area contributed by atoms with Gasteiger partial charge in [0.1, 0.15) is 0 Å². The predicted molar refractivity (Wildman–Crippen MR) is 75.9 cm³/mol. The Morgan fingerprint density at radius 3 is 2.05 bits per heavy atom. The summed E-state index contributed by atoms with van der Waals surface area (Å²) in [6.07, 6.45) is 5.41. The third-order valence-electron chi connectivity index (χ3n) is 2.64. The maximum atomic E-state index is 12.4. The molecule has 0 N–H and O–H groups in total. The van der Waals surface area contributed by atoms with Crippen molar-refractivity contribution in [3.05, 3.63) is 66.2 Å². The molecular formula is C16H12O2Se. The summed E-state index contributed by atoms with van der Waals surface area (Å²) >= 11 is -2.59. The van der Waals surface area contributed by atoms with Crippen molar-refractivity contribution in [3.63, 3.8) is 0 Å². The molecule has 0 bridgehead atoms. The van der Waals surface area contributed by atoms with Gasteiger partial charge in [0, 0.05) is 0 Å². The van der Waals surface area contributed by atoms with Crippen molar-refractivity contribution in [2.45, 2.75) is 4.82 Å². The first-order valence-electron chi connectivity index (χ1n) is 5.75. The van der Waals surface area contributed by atoms with E-state index < -0.39 is 18.6 Å². The second-order valence-electron chi connectivity index (χ2n) is 3.89. The third kappa shape index (κ3) is 3.06. The van der Waals surface area contributed by atoms with E-state index in [-0.39, 0.29) is 5.78 Å². The van der Waals surface area contributed by atoms with Gasteiger partial charge in [-0.1, -0.05) is 0 Å². The van der Waals surface area contributed by atoms with Crippen molar-refractivity contribution in [3.8, 4) is 12.3 Å². The van der Waals surface area contributed by atoms with Crippen molar-refractivity contribution in [1.82, 2.24) is 0 Å². The Labute approximate surface area is 116 Å². The van der Waals surface area contributed by atoms with Crippen molar-refractivity contribution in [1.29, 1.82) is 0 Å². The van der Waals surface area contributed by atoms with E-state index in [1.807, 2.05) is 12.1 Å². The Morgan fingerprint density at radius 2 is 1.53 bits per heavy atom. The Morgan fingerprint density at radius 1 is 1.00 bits per heavy atom. The number of hydrogen-bond donors (Lipinski definition) is 0. The molecule has 19 heavy (non-hydrogen) atoms. The van der Waals surface area contributed by atoms with Crippen LogP contribution < -0.4 is 4.46 Å². The second kappa shape index (κ2) is 6.24. The number of hydrogen-bond acceptors (Lipinski definition) is 2. The number of terminal acetylenes is 1. The first kappa shape index (κ1) is 13.4. The maximum absolute atomic E-state index is 12.4. The molecule has 0 aromatic heterocycles. The van der Waals surface area contributed by atoms with Gasteiger partial charge >= 0.3 is 116 Å². The average Bonchev–Trinajstić information content (AvgIpc) is 2.49. The zero-order valence-corrected chi connectivity index (χ0v) is 11.9. The van der Waals surface area contributed by atoms with Crippen LogP contribution in [0.2, 0.25) is 4.82 Å². The molecule has 0 heterocycles. The Hall–Kier alpha value is -2.01. The number of rotatable bonds is 4. The van der Waals surface area contributed by atoms with Crippen LogP contribution in [0.5, 0.6) is 0 Å². The summed E-state index contributed by atoms with van der Waals surface area (Å²) in [5.74, 6) is 2.15. The molecule has 0 spiro atoms. The summed E-state index contributed by atoms with van der Waals surface area (Å²) in [6, 6.07) is 17.7. The van der Waals surface area contributed by atoms with Crippen LogP contribution in [-0.4, -0.2) is 19.6 Å². The van der Waals surface area contributed by atoms with E-state index >= 15 is 0 Å². The minimum absolute atomic E-state index is 0.244. The summed E-state index contributed by atoms with van der Waals surface area (Å²) < 4.78 is 13.1. The summed E-state index contributed by atoms with van der Waals surface area (Å²) in [7, 11) is 0. The molecule has 3 heteroatoms. The number of carbonyl (C=O) groups excluding carboxylic acids is 1. The van der Waals surface area contributed by atoms with Gasteiger partial charge in [-0.05, 0) is 0 Å². The zero-order chi connectivity index (χ0) is 13.7. The van der Waals surface area contributed by atoms with E-state index in [0.717, 1.165) is 0 Å². The van der Waals surface area contributed by atoms with E-state index in [0.29, 0.717) is 10.0 Å². The van der Waals surface area contributed by atoms with Gasteiger partial charge < -0.3 is 0 Å². The normalized spacial score (nSPS) is 13.2. The fourth-order valence-corrected chi connectivity index (χ4v) is 4.10. The Kier molecular flexibility index (Phi) is 4.41. The first-order valence-corrected chi connectivity index (χ1v) is 8.29. The molecule has 94 valence electrons. The summed E-state index contributed by atoms with van der Waals surface area (Å²) in [5, 5.41) is 0. The van der Waals surface area contributed by atoms with Crippen LogP contribution >= 0.6 is 0 Å². The average molecular weight is 315 g/mol. The van der Waals surface area contributed by atoms with Gasteiger partial charge in [-0.3, -0.25) is 0 Å². The zero-order valence-electron chi connectivity index (χ0n) is 10.2. The van der Waals surface area contributed by atoms with Gasteiger partial charge in [0.2, 0.25) is 0 Å². The molecule has 0 aliphatic rings. The first-order chi connectivity index (χ1) is 9.24. The van der Waals surface area contributed by atoms with Crippen LogP contribution in [0.4, 0.5) is 0 Å². The molecule has 0 aliphatic heterocycles. The number of carbonyl (C=O) groups is 1. The van der Waals surface area contributed by atoms with E-state index in [4.69, 9.17) is 6.42 Å². The topological polar surface area (TPSA) is 34.1 Å². The summed E-state index contributed by atoms with van der Waals surface area (Å²) in [6.45, 7) is 0. The van der Waals surface area contributed by atoms with Gasteiger partial charge in [0.15, 0.2) is 0 Å². The van der Waals surface area contributed by atoms with Crippen LogP contribution in [-0.2, 0) is 3.83 Å². The molecular weight excluding hydrogens is 303 g/mol. The van der Waals surface area contributed by atoms with Crippen LogP contribution in [0.15, 0.2) is 60.7 Å². The minimum atomic E-state index is -2.59. The molecule has 2 aromatic carbocycles. The summed E-state index contributed by atoms with van der Waals surface area (Å²) in [5.41, 5.74) is 0.506. The Balaban J connectivity index is 2.29. The van der Waals surface area contributed by atoms with Crippen molar-refractivity contribution >= 4 is 24.1 Å². The number of Topliss-reactive ketones (excluding diaryl/α,β-unsaturated/α-hetero) is 1. The van der Waals surface area contributed by atoms with E-state index in [1.54, 1.807) is 48.5 Å². The molecule has 0 saturated heterocycles. The molecule has 2 nitrogen and oxygen atoms in total. The van der Waals surface area contributed by atoms with Gasteiger partial charge in [-0.15, -0.1) is 0 Å². The van der Waals surface area contributed by atoms with Gasteiger partial charge in [0.25, 0.3) is 0 Å². The molecule has 2 rings (SSSR count). The summed E-state index contributed by atoms with van der Waals surface area (Å²) in [4.78, 5) is 11.4. The second-order valence-corrected chi connectivity index (χ2v) is 7.11. The monoisotopic (exact) mass is 316 g/mol. The third-order valence-corrected chi connectivity index (χ3v) is 5.82. The predicted octanol–water partition coefficient (Wildman–Crippen LogP) is 2.20. The van der Waals surface area contributed by atoms with E-state index in [1.165, 1.54) is 0 Å². The molecule has 0 amide bonds. The standard InChI is InChI=1S/C16H12O2Se/c1-2-15(16(17)13-9-5-3-6-10-13)19(18)14-11-7-4-8-12-14/h1,3-12,15H. The molecule has 2 aromatic rings. The van der Waals surface area contributed by atoms with Gasteiger partial charge in [0.05, 0.1) is 0 Å². The molecule has 0 fully saturated rings. The van der Waals surface area contributed by atoms with E-state index in [9.17, 15) is 8.63 Å². The fraction of sp³-hybridized carbons (Fsp3) is 0.0625. The number of benzene rings is 2. The molecule has 2 atom stereocenters. The molecule has 0 aliphatic carbocycles. The molecule has 0 radical (unpaired) electrons. The van der Waals surface area contributed by atoms with Crippen molar-refractivity contribution in [2.75, 3.05) is 0 Å². The molecule has 2 unspecified atom stereocenters. The van der Waals surface area contributed by atoms with E-state index in [2.05, 4.69) is 5.92 Å². The SMILES string of the molecule is C#CC(C(=O)c1ccccc1)[Se](=O)c1ccccc1. The number of ketones is 1. The van der Waals surface area contributed by atoms with Gasteiger partial charge in [-0.25, -0.2) is 0 Å².